The standard InChI is InChI=1S/C21H24N2/c1-2-7-18(8-3-1)19-9-6-10-20(17-19)21(11-4-5-12-21)23-15-13-22-14-16-23/h1-4,6-11,17,22H,5,12-16H2. The highest BCUT2D eigenvalue weighted by Gasteiger charge is 2.38. The summed E-state index contributed by atoms with van der Waals surface area (Å²) in [6.07, 6.45) is 7.18. The van der Waals surface area contributed by atoms with Gasteiger partial charge in [0.1, 0.15) is 0 Å². The molecule has 2 aromatic carbocycles. The van der Waals surface area contributed by atoms with E-state index >= 15 is 0 Å². The minimum absolute atomic E-state index is 0.0902. The Balaban J connectivity index is 1.74. The summed E-state index contributed by atoms with van der Waals surface area (Å²) < 4.78 is 0. The van der Waals surface area contributed by atoms with Crippen LogP contribution in [0, 0.1) is 0 Å². The fourth-order valence-electron chi connectivity index (χ4n) is 4.01. The minimum Gasteiger partial charge on any atom is -0.314 e. The van der Waals surface area contributed by atoms with Gasteiger partial charge in [-0.3, -0.25) is 4.90 Å². The van der Waals surface area contributed by atoms with E-state index in [9.17, 15) is 0 Å². The van der Waals surface area contributed by atoms with Crippen molar-refractivity contribution in [2.45, 2.75) is 18.4 Å². The Bertz CT molecular complexity index is 686. The van der Waals surface area contributed by atoms with E-state index in [0.29, 0.717) is 0 Å². The third-order valence-corrected chi connectivity index (χ3v) is 5.24. The summed E-state index contributed by atoms with van der Waals surface area (Å²) in [4.78, 5) is 2.66. The predicted octanol–water partition coefficient (Wildman–Crippen LogP) is 3.80. The van der Waals surface area contributed by atoms with E-state index < -0.39 is 0 Å². The van der Waals surface area contributed by atoms with Crippen molar-refractivity contribution in [3.05, 3.63) is 72.3 Å². The van der Waals surface area contributed by atoms with Crippen molar-refractivity contribution in [3.8, 4) is 11.1 Å². The van der Waals surface area contributed by atoms with Crippen LogP contribution in [0.15, 0.2) is 66.7 Å². The first-order valence-electron chi connectivity index (χ1n) is 8.68. The first-order valence-corrected chi connectivity index (χ1v) is 8.68. The Hall–Kier alpha value is -1.90. The highest BCUT2D eigenvalue weighted by Crippen LogP contribution is 2.40. The van der Waals surface area contributed by atoms with Crippen LogP contribution in [-0.4, -0.2) is 31.1 Å². The Labute approximate surface area is 138 Å². The molecule has 118 valence electrons. The van der Waals surface area contributed by atoms with E-state index in [-0.39, 0.29) is 5.54 Å². The van der Waals surface area contributed by atoms with Gasteiger partial charge in [-0.05, 0) is 35.6 Å². The molecule has 4 rings (SSSR count). The lowest BCUT2D eigenvalue weighted by molar-refractivity contribution is 0.110. The molecule has 1 fully saturated rings. The lowest BCUT2D eigenvalue weighted by Crippen LogP contribution is -2.52. The second-order valence-electron chi connectivity index (χ2n) is 6.55. The molecule has 1 aliphatic carbocycles. The van der Waals surface area contributed by atoms with Crippen molar-refractivity contribution in [2.24, 2.45) is 0 Å². The van der Waals surface area contributed by atoms with Gasteiger partial charge in [0.2, 0.25) is 0 Å². The van der Waals surface area contributed by atoms with Gasteiger partial charge >= 0.3 is 0 Å². The molecule has 0 bridgehead atoms. The van der Waals surface area contributed by atoms with Crippen LogP contribution in [0.5, 0.6) is 0 Å². The van der Waals surface area contributed by atoms with Gasteiger partial charge in [0.05, 0.1) is 5.54 Å². The summed E-state index contributed by atoms with van der Waals surface area (Å²) in [6, 6.07) is 19.8. The number of rotatable bonds is 3. The molecule has 1 saturated heterocycles. The Morgan fingerprint density at radius 1 is 0.870 bits per heavy atom. The topological polar surface area (TPSA) is 15.3 Å². The number of nitrogens with zero attached hydrogens (tertiary/aromatic N) is 1. The molecule has 2 heteroatoms. The highest BCUT2D eigenvalue weighted by molar-refractivity contribution is 5.64. The van der Waals surface area contributed by atoms with Gasteiger partial charge in [0, 0.05) is 26.2 Å². The van der Waals surface area contributed by atoms with Crippen molar-refractivity contribution in [2.75, 3.05) is 26.2 Å². The molecule has 0 radical (unpaired) electrons. The van der Waals surface area contributed by atoms with E-state index in [1.165, 1.54) is 29.5 Å². The zero-order valence-electron chi connectivity index (χ0n) is 13.5. The van der Waals surface area contributed by atoms with Gasteiger partial charge < -0.3 is 5.32 Å². The second-order valence-corrected chi connectivity index (χ2v) is 6.55. The molecule has 0 aromatic heterocycles. The molecule has 2 nitrogen and oxygen atoms in total. The van der Waals surface area contributed by atoms with Gasteiger partial charge in [-0.1, -0.05) is 60.7 Å². The fourth-order valence-corrected chi connectivity index (χ4v) is 4.01. The number of hydrogen-bond donors (Lipinski definition) is 1. The van der Waals surface area contributed by atoms with Crippen molar-refractivity contribution in [1.29, 1.82) is 0 Å². The molecule has 1 N–H and O–H groups in total. The maximum Gasteiger partial charge on any atom is 0.0649 e. The number of allylic oxidation sites excluding steroid dienone is 1. The molecule has 0 spiro atoms. The lowest BCUT2D eigenvalue weighted by Gasteiger charge is -2.43. The van der Waals surface area contributed by atoms with Crippen LogP contribution in [0.4, 0.5) is 0 Å². The molecule has 2 aliphatic rings. The van der Waals surface area contributed by atoms with E-state index in [1.54, 1.807) is 0 Å². The third kappa shape index (κ3) is 2.73. The SMILES string of the molecule is C1=CC(c2cccc(-c3ccccc3)c2)(N2CCNCC2)CC1. The van der Waals surface area contributed by atoms with Crippen LogP contribution in [-0.2, 0) is 5.54 Å². The van der Waals surface area contributed by atoms with Gasteiger partial charge in [0.15, 0.2) is 0 Å². The largest absolute Gasteiger partial charge is 0.314 e. The summed E-state index contributed by atoms with van der Waals surface area (Å²) >= 11 is 0. The van der Waals surface area contributed by atoms with Crippen molar-refractivity contribution < 1.29 is 0 Å². The predicted molar refractivity (Wildman–Crippen MR) is 96.4 cm³/mol. The van der Waals surface area contributed by atoms with Gasteiger partial charge in [-0.15, -0.1) is 0 Å². The van der Waals surface area contributed by atoms with E-state index in [2.05, 4.69) is 77.0 Å². The van der Waals surface area contributed by atoms with Crippen LogP contribution in [0.2, 0.25) is 0 Å². The van der Waals surface area contributed by atoms with Crippen LogP contribution in [0.25, 0.3) is 11.1 Å². The Morgan fingerprint density at radius 2 is 1.65 bits per heavy atom. The van der Waals surface area contributed by atoms with Crippen molar-refractivity contribution in [1.82, 2.24) is 10.2 Å². The zero-order chi connectivity index (χ0) is 15.5. The molecule has 23 heavy (non-hydrogen) atoms. The van der Waals surface area contributed by atoms with Crippen LogP contribution in [0.3, 0.4) is 0 Å². The van der Waals surface area contributed by atoms with Gasteiger partial charge in [-0.25, -0.2) is 0 Å². The van der Waals surface area contributed by atoms with E-state index in [1.807, 2.05) is 0 Å². The Morgan fingerprint density at radius 3 is 2.39 bits per heavy atom. The van der Waals surface area contributed by atoms with Gasteiger partial charge in [0.25, 0.3) is 0 Å². The number of hydrogen-bond acceptors (Lipinski definition) is 2. The second kappa shape index (κ2) is 6.31. The lowest BCUT2D eigenvalue weighted by atomic mass is 9.85. The summed E-state index contributed by atoms with van der Waals surface area (Å²) in [5, 5.41) is 3.48. The van der Waals surface area contributed by atoms with Gasteiger partial charge in [-0.2, -0.15) is 0 Å². The molecular formula is C21H24N2. The van der Waals surface area contributed by atoms with Crippen molar-refractivity contribution in [3.63, 3.8) is 0 Å². The number of nitrogens with one attached hydrogen (secondary N) is 1. The minimum atomic E-state index is 0.0902. The molecule has 0 amide bonds. The first-order chi connectivity index (χ1) is 11.4. The monoisotopic (exact) mass is 304 g/mol. The summed E-state index contributed by atoms with van der Waals surface area (Å²) in [6.45, 7) is 4.43. The molecule has 1 aliphatic heterocycles. The quantitative estimate of drug-likeness (QED) is 0.868. The van der Waals surface area contributed by atoms with Crippen LogP contribution >= 0.6 is 0 Å². The molecule has 1 atom stereocenters. The smallest absolute Gasteiger partial charge is 0.0649 e. The van der Waals surface area contributed by atoms with Crippen molar-refractivity contribution >= 4 is 0 Å². The van der Waals surface area contributed by atoms with E-state index in [4.69, 9.17) is 0 Å². The fraction of sp³-hybridized carbons (Fsp3) is 0.333. The summed E-state index contributed by atoms with van der Waals surface area (Å²) in [7, 11) is 0. The number of benzene rings is 2. The zero-order valence-corrected chi connectivity index (χ0v) is 13.5. The number of piperazine rings is 1. The molecule has 0 saturated carbocycles. The molecule has 1 unspecified atom stereocenters. The summed E-state index contributed by atoms with van der Waals surface area (Å²) in [5.74, 6) is 0. The third-order valence-electron chi connectivity index (χ3n) is 5.24. The maximum absolute atomic E-state index is 3.48. The van der Waals surface area contributed by atoms with Crippen LogP contribution < -0.4 is 5.32 Å². The average molecular weight is 304 g/mol. The summed E-state index contributed by atoms with van der Waals surface area (Å²) in [5.41, 5.74) is 4.14. The normalized spacial score (nSPS) is 24.9. The molecule has 2 aromatic rings. The highest BCUT2D eigenvalue weighted by atomic mass is 15.2. The van der Waals surface area contributed by atoms with E-state index in [0.717, 1.165) is 26.2 Å². The molecular weight excluding hydrogens is 280 g/mol. The average Bonchev–Trinajstić information content (AvgIpc) is 3.15. The maximum atomic E-state index is 3.48. The van der Waals surface area contributed by atoms with Crippen LogP contribution in [0.1, 0.15) is 18.4 Å². The molecule has 1 heterocycles. The Kier molecular flexibility index (Phi) is 4.02. The first kappa shape index (κ1) is 14.7.